The Bertz CT molecular complexity index is 1440. The number of rotatable bonds is 4. The molecule has 2 amide bonds. The SMILES string of the molecule is O=C(Nc1cc(N2CCOCC2)cc2c1C(c1cc(F)ccc1Cl)NC2=O)c1cc(F)cc(C(F)(F)F)c1. The second kappa shape index (κ2) is 9.88. The molecule has 5 rings (SSSR count). The number of hydrogen-bond acceptors (Lipinski definition) is 4. The van der Waals surface area contributed by atoms with Crippen LogP contribution in [0.15, 0.2) is 48.5 Å². The van der Waals surface area contributed by atoms with Crippen LogP contribution in [-0.4, -0.2) is 38.1 Å². The zero-order chi connectivity index (χ0) is 27.2. The van der Waals surface area contributed by atoms with Crippen LogP contribution >= 0.6 is 11.6 Å². The highest BCUT2D eigenvalue weighted by atomic mass is 35.5. The Morgan fingerprint density at radius 3 is 2.47 bits per heavy atom. The van der Waals surface area contributed by atoms with Gasteiger partial charge in [0, 0.05) is 51.7 Å². The van der Waals surface area contributed by atoms with E-state index in [-0.39, 0.29) is 33.5 Å². The number of fused-ring (bicyclic) bond motifs is 1. The van der Waals surface area contributed by atoms with Crippen molar-refractivity contribution in [3.05, 3.63) is 93.0 Å². The van der Waals surface area contributed by atoms with Gasteiger partial charge >= 0.3 is 6.18 Å². The first-order valence-corrected chi connectivity index (χ1v) is 11.8. The molecule has 2 aliphatic rings. The van der Waals surface area contributed by atoms with Gasteiger partial charge in [0.05, 0.1) is 24.8 Å². The van der Waals surface area contributed by atoms with Gasteiger partial charge in [-0.25, -0.2) is 8.78 Å². The standard InChI is InChI=1S/C26H19ClF5N3O3/c27-20-2-1-15(28)10-18(20)23-22-19(25(37)34-23)11-17(35-3-5-38-6-4-35)12-21(22)33-24(36)13-7-14(26(30,31)32)9-16(29)8-13/h1-2,7-12,23H,3-6H2,(H,33,36)(H,34,37). The van der Waals surface area contributed by atoms with Crippen molar-refractivity contribution in [2.24, 2.45) is 0 Å². The molecule has 198 valence electrons. The van der Waals surface area contributed by atoms with Gasteiger partial charge < -0.3 is 20.3 Å². The summed E-state index contributed by atoms with van der Waals surface area (Å²) in [6.45, 7) is 1.84. The zero-order valence-electron chi connectivity index (χ0n) is 19.5. The van der Waals surface area contributed by atoms with Gasteiger partial charge in [0.1, 0.15) is 11.6 Å². The Balaban J connectivity index is 1.62. The summed E-state index contributed by atoms with van der Waals surface area (Å²) in [6.07, 6.45) is -4.87. The molecule has 0 bridgehead atoms. The predicted octanol–water partition coefficient (Wildman–Crippen LogP) is 5.56. The van der Waals surface area contributed by atoms with Crippen LogP contribution in [0.4, 0.5) is 33.3 Å². The van der Waals surface area contributed by atoms with E-state index in [9.17, 15) is 31.5 Å². The fourth-order valence-electron chi connectivity index (χ4n) is 4.57. The first-order chi connectivity index (χ1) is 18.0. The van der Waals surface area contributed by atoms with Gasteiger partial charge in [-0.1, -0.05) is 11.6 Å². The number of carbonyl (C=O) groups is 2. The average molecular weight is 552 g/mol. The van der Waals surface area contributed by atoms with Crippen LogP contribution in [0.2, 0.25) is 5.02 Å². The molecule has 1 atom stereocenters. The maximum Gasteiger partial charge on any atom is 0.416 e. The zero-order valence-corrected chi connectivity index (χ0v) is 20.2. The van der Waals surface area contributed by atoms with Crippen molar-refractivity contribution in [2.75, 3.05) is 36.5 Å². The van der Waals surface area contributed by atoms with Crippen LogP contribution in [0.25, 0.3) is 0 Å². The normalized spacial score (nSPS) is 17.3. The van der Waals surface area contributed by atoms with Crippen molar-refractivity contribution in [3.8, 4) is 0 Å². The third-order valence-corrected chi connectivity index (χ3v) is 6.70. The number of morpholine rings is 1. The monoisotopic (exact) mass is 551 g/mol. The molecule has 2 aliphatic heterocycles. The molecule has 0 saturated carbocycles. The Morgan fingerprint density at radius 2 is 1.76 bits per heavy atom. The van der Waals surface area contributed by atoms with Crippen LogP contribution in [0.1, 0.15) is 43.4 Å². The van der Waals surface area contributed by atoms with Crippen LogP contribution in [0.3, 0.4) is 0 Å². The van der Waals surface area contributed by atoms with E-state index in [0.29, 0.717) is 44.1 Å². The lowest BCUT2D eigenvalue weighted by Gasteiger charge is -2.30. The van der Waals surface area contributed by atoms with Crippen molar-refractivity contribution in [2.45, 2.75) is 12.2 Å². The van der Waals surface area contributed by atoms with E-state index in [4.69, 9.17) is 16.3 Å². The van der Waals surface area contributed by atoms with E-state index >= 15 is 0 Å². The molecule has 0 spiro atoms. The number of ether oxygens (including phenoxy) is 1. The summed E-state index contributed by atoms with van der Waals surface area (Å²) in [6, 6.07) is 7.33. The van der Waals surface area contributed by atoms with Crippen molar-refractivity contribution in [3.63, 3.8) is 0 Å². The molecule has 12 heteroatoms. The van der Waals surface area contributed by atoms with E-state index in [1.807, 2.05) is 4.90 Å². The summed E-state index contributed by atoms with van der Waals surface area (Å²) in [4.78, 5) is 28.0. The number of amides is 2. The minimum atomic E-state index is -4.87. The molecule has 6 nitrogen and oxygen atoms in total. The van der Waals surface area contributed by atoms with E-state index in [1.165, 1.54) is 6.07 Å². The lowest BCUT2D eigenvalue weighted by molar-refractivity contribution is -0.137. The van der Waals surface area contributed by atoms with Crippen LogP contribution in [0, 0.1) is 11.6 Å². The molecule has 0 radical (unpaired) electrons. The Kier molecular flexibility index (Phi) is 6.74. The van der Waals surface area contributed by atoms with E-state index in [0.717, 1.165) is 12.1 Å². The summed E-state index contributed by atoms with van der Waals surface area (Å²) in [5.41, 5.74) is -0.616. The quantitative estimate of drug-likeness (QED) is 0.417. The molecule has 1 fully saturated rings. The van der Waals surface area contributed by atoms with Gasteiger partial charge in [-0.2, -0.15) is 13.2 Å². The molecule has 1 unspecified atom stereocenters. The fraction of sp³-hybridized carbons (Fsp3) is 0.231. The number of anilines is 2. The smallest absolute Gasteiger partial charge is 0.378 e. The molecular formula is C26H19ClF5N3O3. The van der Waals surface area contributed by atoms with Crippen molar-refractivity contribution in [1.82, 2.24) is 5.32 Å². The minimum Gasteiger partial charge on any atom is -0.378 e. The van der Waals surface area contributed by atoms with Crippen molar-refractivity contribution >= 4 is 34.8 Å². The van der Waals surface area contributed by atoms with Crippen LogP contribution in [0.5, 0.6) is 0 Å². The maximum absolute atomic E-state index is 14.1. The largest absolute Gasteiger partial charge is 0.416 e. The van der Waals surface area contributed by atoms with Crippen LogP contribution < -0.4 is 15.5 Å². The van der Waals surface area contributed by atoms with Gasteiger partial charge in [0.25, 0.3) is 11.8 Å². The molecule has 0 aromatic heterocycles. The molecule has 38 heavy (non-hydrogen) atoms. The number of hydrogen-bond donors (Lipinski definition) is 2. The molecule has 2 N–H and O–H groups in total. The Labute approximate surface area is 218 Å². The average Bonchev–Trinajstić information content (AvgIpc) is 3.21. The van der Waals surface area contributed by atoms with Gasteiger partial charge in [0.2, 0.25) is 0 Å². The molecule has 2 heterocycles. The second-order valence-electron chi connectivity index (χ2n) is 8.81. The first-order valence-electron chi connectivity index (χ1n) is 11.5. The van der Waals surface area contributed by atoms with E-state index in [2.05, 4.69) is 10.6 Å². The summed E-state index contributed by atoms with van der Waals surface area (Å²) in [5, 5.41) is 5.42. The number of nitrogens with one attached hydrogen (secondary N) is 2. The number of halogens is 6. The van der Waals surface area contributed by atoms with Gasteiger partial charge in [-0.05, 0) is 48.5 Å². The number of alkyl halides is 3. The molecule has 3 aromatic carbocycles. The summed E-state index contributed by atoms with van der Waals surface area (Å²) in [7, 11) is 0. The van der Waals surface area contributed by atoms with Gasteiger partial charge in [-0.15, -0.1) is 0 Å². The van der Waals surface area contributed by atoms with Crippen molar-refractivity contribution in [1.29, 1.82) is 0 Å². The van der Waals surface area contributed by atoms with Gasteiger partial charge in [0.15, 0.2) is 0 Å². The highest BCUT2D eigenvalue weighted by Gasteiger charge is 2.36. The highest BCUT2D eigenvalue weighted by molar-refractivity contribution is 6.31. The molecule has 3 aromatic rings. The molecule has 1 saturated heterocycles. The number of nitrogens with zero attached hydrogens (tertiary/aromatic N) is 1. The fourth-order valence-corrected chi connectivity index (χ4v) is 4.80. The minimum absolute atomic E-state index is 0.0792. The van der Waals surface area contributed by atoms with E-state index < -0.39 is 46.8 Å². The maximum atomic E-state index is 14.1. The third-order valence-electron chi connectivity index (χ3n) is 6.35. The summed E-state index contributed by atoms with van der Waals surface area (Å²) in [5.74, 6) is -3.39. The molecular weight excluding hydrogens is 533 g/mol. The number of benzene rings is 3. The number of carbonyl (C=O) groups excluding carboxylic acids is 2. The topological polar surface area (TPSA) is 70.7 Å². The van der Waals surface area contributed by atoms with Crippen molar-refractivity contribution < 1.29 is 36.3 Å². The van der Waals surface area contributed by atoms with Gasteiger partial charge in [-0.3, -0.25) is 9.59 Å². The third kappa shape index (κ3) is 5.03. The Morgan fingerprint density at radius 1 is 1.03 bits per heavy atom. The predicted molar refractivity (Wildman–Crippen MR) is 130 cm³/mol. The van der Waals surface area contributed by atoms with Crippen LogP contribution in [-0.2, 0) is 10.9 Å². The second-order valence-corrected chi connectivity index (χ2v) is 9.21. The lowest BCUT2D eigenvalue weighted by atomic mass is 9.95. The first kappa shape index (κ1) is 25.9. The summed E-state index contributed by atoms with van der Waals surface area (Å²) >= 11 is 6.30. The molecule has 0 aliphatic carbocycles. The lowest BCUT2D eigenvalue weighted by Crippen LogP contribution is -2.36. The Hall–Kier alpha value is -3.70. The van der Waals surface area contributed by atoms with E-state index in [1.54, 1.807) is 12.1 Å². The summed E-state index contributed by atoms with van der Waals surface area (Å²) < 4.78 is 73.1. The highest BCUT2D eigenvalue weighted by Crippen LogP contribution is 2.42.